The lowest BCUT2D eigenvalue weighted by molar-refractivity contribution is 0.346. The highest BCUT2D eigenvalue weighted by Crippen LogP contribution is 2.13. The Balaban J connectivity index is 2.43. The number of halogens is 1. The highest BCUT2D eigenvalue weighted by molar-refractivity contribution is 14.1. The van der Waals surface area contributed by atoms with Gasteiger partial charge in [0.15, 0.2) is 5.96 Å². The van der Waals surface area contributed by atoms with Gasteiger partial charge in [0.05, 0.1) is 6.61 Å². The SMILES string of the molecule is N=C(N)NCCc1cccc(OCCI)c1. The Labute approximate surface area is 109 Å². The van der Waals surface area contributed by atoms with Gasteiger partial charge in [-0.3, -0.25) is 5.41 Å². The molecule has 0 unspecified atom stereocenters. The van der Waals surface area contributed by atoms with Crippen molar-refractivity contribution < 1.29 is 4.74 Å². The fourth-order valence-corrected chi connectivity index (χ4v) is 1.51. The van der Waals surface area contributed by atoms with E-state index in [0.717, 1.165) is 23.2 Å². The van der Waals surface area contributed by atoms with Gasteiger partial charge in [0.1, 0.15) is 5.75 Å². The first-order valence-electron chi connectivity index (χ1n) is 5.08. The van der Waals surface area contributed by atoms with Crippen LogP contribution in [0.25, 0.3) is 0 Å². The summed E-state index contributed by atoms with van der Waals surface area (Å²) >= 11 is 2.28. The molecule has 0 saturated carbocycles. The van der Waals surface area contributed by atoms with Gasteiger partial charge in [-0.1, -0.05) is 34.7 Å². The summed E-state index contributed by atoms with van der Waals surface area (Å²) in [6.45, 7) is 1.40. The minimum atomic E-state index is 0.0114. The number of ether oxygens (including phenoxy) is 1. The fraction of sp³-hybridized carbons (Fsp3) is 0.364. The predicted octanol–water partition coefficient (Wildman–Crippen LogP) is 1.53. The van der Waals surface area contributed by atoms with Crippen LogP contribution in [0, 0.1) is 5.41 Å². The van der Waals surface area contributed by atoms with E-state index in [2.05, 4.69) is 27.9 Å². The summed E-state index contributed by atoms with van der Waals surface area (Å²) in [5.74, 6) is 0.911. The van der Waals surface area contributed by atoms with Crippen LogP contribution in [0.2, 0.25) is 0 Å². The second-order valence-corrected chi connectivity index (χ2v) is 4.35. The lowest BCUT2D eigenvalue weighted by Gasteiger charge is -2.07. The second kappa shape index (κ2) is 7.32. The Morgan fingerprint density at radius 3 is 3.00 bits per heavy atom. The third-order valence-corrected chi connectivity index (χ3v) is 2.41. The van der Waals surface area contributed by atoms with Gasteiger partial charge in [-0.2, -0.15) is 0 Å². The quantitative estimate of drug-likeness (QED) is 0.320. The molecule has 1 aromatic carbocycles. The van der Waals surface area contributed by atoms with Crippen LogP contribution in [0.1, 0.15) is 5.56 Å². The lowest BCUT2D eigenvalue weighted by Crippen LogP contribution is -2.31. The Morgan fingerprint density at radius 1 is 1.50 bits per heavy atom. The largest absolute Gasteiger partial charge is 0.493 e. The zero-order valence-electron chi connectivity index (χ0n) is 9.00. The molecule has 0 aromatic heterocycles. The third-order valence-electron chi connectivity index (χ3n) is 1.97. The summed E-state index contributed by atoms with van der Waals surface area (Å²) in [5, 5.41) is 9.81. The molecular formula is C11H16IN3O. The smallest absolute Gasteiger partial charge is 0.185 e. The summed E-state index contributed by atoms with van der Waals surface area (Å²) in [7, 11) is 0. The number of hydrogen-bond donors (Lipinski definition) is 3. The molecule has 4 nitrogen and oxygen atoms in total. The summed E-state index contributed by atoms with van der Waals surface area (Å²) in [4.78, 5) is 0. The molecular weight excluding hydrogens is 317 g/mol. The molecule has 0 atom stereocenters. The van der Waals surface area contributed by atoms with Gasteiger partial charge < -0.3 is 15.8 Å². The van der Waals surface area contributed by atoms with Crippen molar-refractivity contribution in [1.29, 1.82) is 5.41 Å². The zero-order chi connectivity index (χ0) is 11.8. The van der Waals surface area contributed by atoms with Crippen molar-refractivity contribution in [2.75, 3.05) is 17.6 Å². The molecule has 0 radical (unpaired) electrons. The van der Waals surface area contributed by atoms with Gasteiger partial charge in [0, 0.05) is 11.0 Å². The van der Waals surface area contributed by atoms with Crippen LogP contribution in [-0.4, -0.2) is 23.5 Å². The summed E-state index contributed by atoms with van der Waals surface area (Å²) < 4.78 is 6.51. The maximum atomic E-state index is 7.03. The van der Waals surface area contributed by atoms with E-state index in [1.54, 1.807) is 0 Å². The van der Waals surface area contributed by atoms with Crippen LogP contribution in [0.4, 0.5) is 0 Å². The van der Waals surface area contributed by atoms with E-state index in [0.29, 0.717) is 6.54 Å². The van der Waals surface area contributed by atoms with Gasteiger partial charge in [-0.15, -0.1) is 0 Å². The van der Waals surface area contributed by atoms with Crippen molar-refractivity contribution in [2.24, 2.45) is 5.73 Å². The molecule has 0 fully saturated rings. The van der Waals surface area contributed by atoms with Crippen molar-refractivity contribution in [3.05, 3.63) is 29.8 Å². The summed E-state index contributed by atoms with van der Waals surface area (Å²) in [6.07, 6.45) is 0.834. The van der Waals surface area contributed by atoms with E-state index >= 15 is 0 Å². The van der Waals surface area contributed by atoms with Crippen molar-refractivity contribution in [1.82, 2.24) is 5.32 Å². The molecule has 5 heteroatoms. The first-order chi connectivity index (χ1) is 7.72. The third kappa shape index (κ3) is 5.20. The molecule has 0 aliphatic heterocycles. The van der Waals surface area contributed by atoms with E-state index < -0.39 is 0 Å². The van der Waals surface area contributed by atoms with Gasteiger partial charge in [-0.25, -0.2) is 0 Å². The predicted molar refractivity (Wildman–Crippen MR) is 74.4 cm³/mol. The zero-order valence-corrected chi connectivity index (χ0v) is 11.2. The van der Waals surface area contributed by atoms with E-state index in [4.69, 9.17) is 15.9 Å². The molecule has 0 aliphatic carbocycles. The average molecular weight is 333 g/mol. The van der Waals surface area contributed by atoms with Gasteiger partial charge in [-0.05, 0) is 24.1 Å². The molecule has 4 N–H and O–H groups in total. The number of nitrogens with one attached hydrogen (secondary N) is 2. The van der Waals surface area contributed by atoms with Crippen LogP contribution in [-0.2, 0) is 6.42 Å². The Hall–Kier alpha value is -0.980. The van der Waals surface area contributed by atoms with Gasteiger partial charge >= 0.3 is 0 Å². The molecule has 0 spiro atoms. The van der Waals surface area contributed by atoms with E-state index in [1.165, 1.54) is 5.56 Å². The van der Waals surface area contributed by atoms with Crippen LogP contribution >= 0.6 is 22.6 Å². The maximum absolute atomic E-state index is 7.03. The number of benzene rings is 1. The van der Waals surface area contributed by atoms with Crippen molar-refractivity contribution >= 4 is 28.6 Å². The molecule has 0 amide bonds. The number of guanidine groups is 1. The van der Waals surface area contributed by atoms with Crippen LogP contribution < -0.4 is 15.8 Å². The van der Waals surface area contributed by atoms with Crippen molar-refractivity contribution in [3.8, 4) is 5.75 Å². The number of rotatable bonds is 6. The molecule has 0 bridgehead atoms. The molecule has 1 aromatic rings. The summed E-state index contributed by atoms with van der Waals surface area (Å²) in [5.41, 5.74) is 6.38. The van der Waals surface area contributed by atoms with Gasteiger partial charge in [0.25, 0.3) is 0 Å². The fourth-order valence-electron chi connectivity index (χ4n) is 1.29. The monoisotopic (exact) mass is 333 g/mol. The molecule has 16 heavy (non-hydrogen) atoms. The molecule has 88 valence electrons. The molecule has 0 saturated heterocycles. The minimum Gasteiger partial charge on any atom is -0.493 e. The number of hydrogen-bond acceptors (Lipinski definition) is 2. The topological polar surface area (TPSA) is 71.1 Å². The van der Waals surface area contributed by atoms with Crippen LogP contribution in [0.5, 0.6) is 5.75 Å². The first-order valence-corrected chi connectivity index (χ1v) is 6.60. The number of nitrogens with two attached hydrogens (primary N) is 1. The lowest BCUT2D eigenvalue weighted by atomic mass is 10.1. The molecule has 0 heterocycles. The van der Waals surface area contributed by atoms with Crippen molar-refractivity contribution in [3.63, 3.8) is 0 Å². The number of alkyl halides is 1. The first kappa shape index (κ1) is 13.1. The van der Waals surface area contributed by atoms with Crippen molar-refractivity contribution in [2.45, 2.75) is 6.42 Å². The Kier molecular flexibility index (Phi) is 5.99. The van der Waals surface area contributed by atoms with E-state index in [9.17, 15) is 0 Å². The van der Waals surface area contributed by atoms with Crippen LogP contribution in [0.3, 0.4) is 0 Å². The van der Waals surface area contributed by atoms with Crippen LogP contribution in [0.15, 0.2) is 24.3 Å². The van der Waals surface area contributed by atoms with Gasteiger partial charge in [0.2, 0.25) is 0 Å². The minimum absolute atomic E-state index is 0.0114. The maximum Gasteiger partial charge on any atom is 0.185 e. The summed E-state index contributed by atoms with van der Waals surface area (Å²) in [6, 6.07) is 7.99. The highest BCUT2D eigenvalue weighted by atomic mass is 127. The molecule has 1 rings (SSSR count). The van der Waals surface area contributed by atoms with E-state index in [-0.39, 0.29) is 5.96 Å². The molecule has 0 aliphatic rings. The second-order valence-electron chi connectivity index (χ2n) is 3.28. The standard InChI is InChI=1S/C11H16IN3O/c12-5-7-16-10-3-1-2-9(8-10)4-6-15-11(13)14/h1-3,8H,4-7H2,(H4,13,14,15). The Bertz CT molecular complexity index is 344. The normalized spacial score (nSPS) is 9.81. The highest BCUT2D eigenvalue weighted by Gasteiger charge is 1.97. The Morgan fingerprint density at radius 2 is 2.31 bits per heavy atom. The average Bonchev–Trinajstić information content (AvgIpc) is 2.26. The van der Waals surface area contributed by atoms with E-state index in [1.807, 2.05) is 24.3 Å².